The molecular formula is C21H25N3O4. The van der Waals surface area contributed by atoms with Gasteiger partial charge < -0.3 is 15.3 Å². The van der Waals surface area contributed by atoms with Crippen LogP contribution in [0.1, 0.15) is 49.7 Å². The fraction of sp³-hybridized carbons (Fsp3) is 0.476. The van der Waals surface area contributed by atoms with Crippen LogP contribution < -0.4 is 5.32 Å². The highest BCUT2D eigenvalue weighted by Gasteiger charge is 2.44. The minimum absolute atomic E-state index is 0.0324. The molecule has 0 aliphatic carbocycles. The number of carboxylic acid groups (broad SMARTS) is 1. The summed E-state index contributed by atoms with van der Waals surface area (Å²) in [5.74, 6) is -1.22. The summed E-state index contributed by atoms with van der Waals surface area (Å²) >= 11 is 0. The summed E-state index contributed by atoms with van der Waals surface area (Å²) in [4.78, 5) is 40.6. The molecule has 3 amide bonds. The number of carbonyl (C=O) groups excluding carboxylic acids is 2. The first kappa shape index (κ1) is 18.5. The largest absolute Gasteiger partial charge is 0.480 e. The van der Waals surface area contributed by atoms with Gasteiger partial charge in [-0.05, 0) is 42.9 Å². The summed E-state index contributed by atoms with van der Waals surface area (Å²) in [6.07, 6.45) is 7.96. The van der Waals surface area contributed by atoms with Crippen molar-refractivity contribution in [1.29, 1.82) is 0 Å². The number of benzene rings is 1. The lowest BCUT2D eigenvalue weighted by molar-refractivity contribution is -0.151. The van der Waals surface area contributed by atoms with Crippen molar-refractivity contribution < 1.29 is 19.5 Å². The minimum Gasteiger partial charge on any atom is -0.480 e. The molecule has 0 spiro atoms. The molecule has 0 saturated carbocycles. The average molecular weight is 383 g/mol. The lowest BCUT2D eigenvalue weighted by atomic mass is 9.99. The zero-order chi connectivity index (χ0) is 19.7. The third kappa shape index (κ3) is 3.48. The second-order valence-corrected chi connectivity index (χ2v) is 7.76. The zero-order valence-corrected chi connectivity index (χ0v) is 15.7. The lowest BCUT2D eigenvalue weighted by Crippen LogP contribution is -2.56. The van der Waals surface area contributed by atoms with E-state index in [1.807, 2.05) is 30.3 Å². The molecule has 7 heteroatoms. The smallest absolute Gasteiger partial charge is 0.326 e. The van der Waals surface area contributed by atoms with Crippen molar-refractivity contribution in [2.75, 3.05) is 0 Å². The van der Waals surface area contributed by atoms with Gasteiger partial charge in [-0.15, -0.1) is 0 Å². The number of nitrogens with zero attached hydrogens (tertiary/aromatic N) is 2. The highest BCUT2D eigenvalue weighted by Crippen LogP contribution is 2.31. The van der Waals surface area contributed by atoms with E-state index in [4.69, 9.17) is 0 Å². The van der Waals surface area contributed by atoms with Crippen LogP contribution in [0.4, 0.5) is 4.79 Å². The van der Waals surface area contributed by atoms with Crippen molar-refractivity contribution in [3.8, 4) is 0 Å². The predicted molar refractivity (Wildman–Crippen MR) is 103 cm³/mol. The van der Waals surface area contributed by atoms with Crippen LogP contribution in [0.25, 0.3) is 6.08 Å². The summed E-state index contributed by atoms with van der Waals surface area (Å²) in [6, 6.07) is 6.05. The van der Waals surface area contributed by atoms with Gasteiger partial charge in [-0.1, -0.05) is 37.1 Å². The molecule has 0 radical (unpaired) electrons. The highest BCUT2D eigenvalue weighted by atomic mass is 16.4. The van der Waals surface area contributed by atoms with E-state index >= 15 is 0 Å². The van der Waals surface area contributed by atoms with E-state index in [0.717, 1.165) is 36.8 Å². The number of fused-ring (bicyclic) bond motifs is 2. The normalized spacial score (nSPS) is 26.9. The number of urea groups is 1. The van der Waals surface area contributed by atoms with Crippen molar-refractivity contribution in [2.24, 2.45) is 0 Å². The molecule has 4 rings (SSSR count). The maximum absolute atomic E-state index is 13.1. The fourth-order valence-corrected chi connectivity index (χ4v) is 4.53. The van der Waals surface area contributed by atoms with E-state index in [1.54, 1.807) is 11.1 Å². The Labute approximate surface area is 164 Å². The molecule has 3 atom stereocenters. The monoisotopic (exact) mass is 383 g/mol. The number of hydrogen-bond acceptors (Lipinski definition) is 3. The first-order chi connectivity index (χ1) is 13.5. The van der Waals surface area contributed by atoms with Gasteiger partial charge in [0.25, 0.3) is 0 Å². The maximum Gasteiger partial charge on any atom is 0.326 e. The average Bonchev–Trinajstić information content (AvgIpc) is 3.11. The Hall–Kier alpha value is -2.83. The van der Waals surface area contributed by atoms with Gasteiger partial charge in [0, 0.05) is 12.2 Å². The molecule has 3 aliphatic heterocycles. The van der Waals surface area contributed by atoms with Crippen molar-refractivity contribution in [2.45, 2.75) is 63.2 Å². The molecule has 148 valence electrons. The number of rotatable bonds is 2. The topological polar surface area (TPSA) is 90.0 Å². The van der Waals surface area contributed by atoms with Crippen molar-refractivity contribution in [1.82, 2.24) is 15.1 Å². The van der Waals surface area contributed by atoms with E-state index in [0.29, 0.717) is 19.4 Å². The molecule has 28 heavy (non-hydrogen) atoms. The van der Waals surface area contributed by atoms with Crippen LogP contribution >= 0.6 is 0 Å². The first-order valence-electron chi connectivity index (χ1n) is 9.93. The number of nitrogens with one attached hydrogen (secondary N) is 1. The Morgan fingerprint density at radius 2 is 1.86 bits per heavy atom. The van der Waals surface area contributed by atoms with Crippen molar-refractivity contribution in [3.05, 3.63) is 41.6 Å². The Balaban J connectivity index is 1.48. The van der Waals surface area contributed by atoms with Gasteiger partial charge >= 0.3 is 12.0 Å². The molecule has 1 aromatic carbocycles. The standard InChI is InChI=1S/C21H25N3O4/c25-19-17(8-4-3-7-16-9-10-18(20(26)27)24(16)19)22-21(28)23-12-11-14-5-1-2-6-15(14)13-23/h1-2,5-6,11-12,16-18H,3-4,7-10,13H2,(H,22,28)(H,26,27)/t16-,17-,18-/m0/s1. The Bertz CT molecular complexity index is 822. The molecule has 7 nitrogen and oxygen atoms in total. The fourth-order valence-electron chi connectivity index (χ4n) is 4.53. The summed E-state index contributed by atoms with van der Waals surface area (Å²) in [7, 11) is 0. The molecule has 0 aromatic heterocycles. The van der Waals surface area contributed by atoms with Crippen LogP contribution in [0, 0.1) is 0 Å². The Morgan fingerprint density at radius 3 is 2.68 bits per heavy atom. The van der Waals surface area contributed by atoms with Gasteiger partial charge in [0.2, 0.25) is 5.91 Å². The molecule has 0 unspecified atom stereocenters. The number of carbonyl (C=O) groups is 3. The van der Waals surface area contributed by atoms with E-state index < -0.39 is 18.1 Å². The maximum atomic E-state index is 13.1. The van der Waals surface area contributed by atoms with E-state index in [2.05, 4.69) is 5.32 Å². The van der Waals surface area contributed by atoms with E-state index in [-0.39, 0.29) is 18.0 Å². The highest BCUT2D eigenvalue weighted by molar-refractivity contribution is 5.91. The predicted octanol–water partition coefficient (Wildman–Crippen LogP) is 2.57. The van der Waals surface area contributed by atoms with Crippen molar-refractivity contribution >= 4 is 24.0 Å². The van der Waals surface area contributed by atoms with Gasteiger partial charge in [0.15, 0.2) is 0 Å². The summed E-state index contributed by atoms with van der Waals surface area (Å²) < 4.78 is 0. The van der Waals surface area contributed by atoms with Gasteiger partial charge in [-0.2, -0.15) is 0 Å². The molecular weight excluding hydrogens is 358 g/mol. The second kappa shape index (κ2) is 7.66. The van der Waals surface area contributed by atoms with E-state index in [1.165, 1.54) is 4.90 Å². The molecule has 3 aliphatic rings. The minimum atomic E-state index is -0.961. The SMILES string of the molecule is O=C(O)[C@@H]1CC[C@@H]2CCCC[C@H](NC(=O)N3C=Cc4ccccc4C3)C(=O)N21. The second-order valence-electron chi connectivity index (χ2n) is 7.76. The lowest BCUT2D eigenvalue weighted by Gasteiger charge is -2.35. The Morgan fingerprint density at radius 1 is 1.07 bits per heavy atom. The van der Waals surface area contributed by atoms with Gasteiger partial charge in [-0.3, -0.25) is 9.69 Å². The number of aliphatic carboxylic acids is 1. The summed E-state index contributed by atoms with van der Waals surface area (Å²) in [5.41, 5.74) is 2.13. The number of hydrogen-bond donors (Lipinski definition) is 2. The van der Waals surface area contributed by atoms with E-state index in [9.17, 15) is 19.5 Å². The number of carboxylic acids is 1. The molecule has 2 saturated heterocycles. The number of amides is 3. The first-order valence-corrected chi connectivity index (χ1v) is 9.93. The van der Waals surface area contributed by atoms with Crippen LogP contribution in [0.15, 0.2) is 30.5 Å². The molecule has 2 N–H and O–H groups in total. The quantitative estimate of drug-likeness (QED) is 0.821. The summed E-state index contributed by atoms with van der Waals surface area (Å²) in [6.45, 7) is 0.448. The third-order valence-corrected chi connectivity index (χ3v) is 6.01. The van der Waals surface area contributed by atoms with Crippen LogP contribution in [-0.4, -0.2) is 50.9 Å². The van der Waals surface area contributed by atoms with Crippen LogP contribution in [0.3, 0.4) is 0 Å². The third-order valence-electron chi connectivity index (χ3n) is 6.01. The van der Waals surface area contributed by atoms with Gasteiger partial charge in [0.05, 0.1) is 6.54 Å². The van der Waals surface area contributed by atoms with Crippen molar-refractivity contribution in [3.63, 3.8) is 0 Å². The molecule has 2 fully saturated rings. The van der Waals surface area contributed by atoms with Crippen LogP contribution in [0.5, 0.6) is 0 Å². The van der Waals surface area contributed by atoms with Crippen LogP contribution in [0.2, 0.25) is 0 Å². The van der Waals surface area contributed by atoms with Gasteiger partial charge in [0.1, 0.15) is 12.1 Å². The Kier molecular flexibility index (Phi) is 5.07. The van der Waals surface area contributed by atoms with Gasteiger partial charge in [-0.25, -0.2) is 9.59 Å². The molecule has 0 bridgehead atoms. The van der Waals surface area contributed by atoms with Crippen LogP contribution in [-0.2, 0) is 16.1 Å². The molecule has 1 aromatic rings. The summed E-state index contributed by atoms with van der Waals surface area (Å²) in [5, 5.41) is 12.4. The molecule has 3 heterocycles. The zero-order valence-electron chi connectivity index (χ0n) is 15.7.